The summed E-state index contributed by atoms with van der Waals surface area (Å²) in [6, 6.07) is 8.29. The molecule has 142 valence electrons. The first-order valence-electron chi connectivity index (χ1n) is 8.48. The Kier molecular flexibility index (Phi) is 7.95. The van der Waals surface area contributed by atoms with Gasteiger partial charge < -0.3 is 20.1 Å². The van der Waals surface area contributed by atoms with Gasteiger partial charge in [0.25, 0.3) is 0 Å². The number of nitrogens with zero attached hydrogens (tertiary/aromatic N) is 4. The second-order valence-corrected chi connectivity index (χ2v) is 6.42. The molecule has 2 N–H and O–H groups in total. The van der Waals surface area contributed by atoms with E-state index in [1.54, 1.807) is 6.92 Å². The highest BCUT2D eigenvalue weighted by Gasteiger charge is 2.23. The lowest BCUT2D eigenvalue weighted by Crippen LogP contribution is -2.44. The van der Waals surface area contributed by atoms with Gasteiger partial charge in [-0.15, -0.1) is 24.0 Å². The van der Waals surface area contributed by atoms with E-state index < -0.39 is 0 Å². The number of aryl methyl sites for hydroxylation is 1. The average Bonchev–Trinajstić information content (AvgIpc) is 3.22. The summed E-state index contributed by atoms with van der Waals surface area (Å²) in [6.07, 6.45) is 1.04. The lowest BCUT2D eigenvalue weighted by Gasteiger charge is -2.20. The Morgan fingerprint density at radius 2 is 2.31 bits per heavy atom. The van der Waals surface area contributed by atoms with Gasteiger partial charge in [0.15, 0.2) is 11.8 Å². The van der Waals surface area contributed by atoms with Crippen LogP contribution in [0.4, 0.5) is 5.69 Å². The third-order valence-electron chi connectivity index (χ3n) is 3.99. The fourth-order valence-corrected chi connectivity index (χ4v) is 3.04. The van der Waals surface area contributed by atoms with Gasteiger partial charge in [-0.25, -0.2) is 4.99 Å². The molecule has 0 saturated carbocycles. The van der Waals surface area contributed by atoms with E-state index in [2.05, 4.69) is 36.7 Å². The van der Waals surface area contributed by atoms with Crippen LogP contribution in [0.2, 0.25) is 5.02 Å². The summed E-state index contributed by atoms with van der Waals surface area (Å²) in [5.74, 6) is 1.90. The molecule has 1 aliphatic heterocycles. The SMILES string of the molecule is CCNC(=NCc1noc(C)n1)NC1CCN(c2cccc(Cl)c2)C1.I. The lowest BCUT2D eigenvalue weighted by molar-refractivity contribution is 0.387. The zero-order chi connectivity index (χ0) is 17.6. The second-order valence-electron chi connectivity index (χ2n) is 5.98. The van der Waals surface area contributed by atoms with Gasteiger partial charge in [-0.1, -0.05) is 22.8 Å². The Bertz CT molecular complexity index is 738. The number of benzene rings is 1. The molecule has 26 heavy (non-hydrogen) atoms. The Hall–Kier alpha value is -1.55. The Morgan fingerprint density at radius 1 is 1.46 bits per heavy atom. The number of halogens is 2. The number of hydrogen-bond donors (Lipinski definition) is 2. The molecule has 1 aromatic heterocycles. The first kappa shape index (κ1) is 20.8. The quantitative estimate of drug-likeness (QED) is 0.381. The first-order valence-corrected chi connectivity index (χ1v) is 8.86. The van der Waals surface area contributed by atoms with Crippen LogP contribution in [0, 0.1) is 6.92 Å². The van der Waals surface area contributed by atoms with E-state index in [0.717, 1.165) is 42.7 Å². The van der Waals surface area contributed by atoms with Crippen molar-refractivity contribution in [3.63, 3.8) is 0 Å². The average molecular weight is 491 g/mol. The standard InChI is InChI=1S/C17H23ClN6O.HI/c1-3-19-17(20-10-16-21-12(2)25-23-16)22-14-7-8-24(11-14)15-6-4-5-13(18)9-15;/h4-6,9,14H,3,7-8,10-11H2,1-2H3,(H2,19,20,22);1H. The molecule has 1 saturated heterocycles. The molecule has 1 unspecified atom stereocenters. The Balaban J connectivity index is 0.00000243. The predicted molar refractivity (Wildman–Crippen MR) is 114 cm³/mol. The zero-order valence-electron chi connectivity index (χ0n) is 14.9. The number of aliphatic imine (C=N–C) groups is 1. The van der Waals surface area contributed by atoms with Crippen molar-refractivity contribution in [2.45, 2.75) is 32.9 Å². The zero-order valence-corrected chi connectivity index (χ0v) is 18.0. The third kappa shape index (κ3) is 5.73. The number of aromatic nitrogens is 2. The summed E-state index contributed by atoms with van der Waals surface area (Å²) in [7, 11) is 0. The molecule has 1 aliphatic rings. The summed E-state index contributed by atoms with van der Waals surface area (Å²) in [5, 5.41) is 11.4. The van der Waals surface area contributed by atoms with Crippen molar-refractivity contribution in [2.24, 2.45) is 4.99 Å². The van der Waals surface area contributed by atoms with Crippen molar-refractivity contribution in [1.82, 2.24) is 20.8 Å². The van der Waals surface area contributed by atoms with Crippen molar-refractivity contribution >= 4 is 47.2 Å². The smallest absolute Gasteiger partial charge is 0.223 e. The molecular formula is C17H24ClIN6O. The van der Waals surface area contributed by atoms with E-state index in [-0.39, 0.29) is 24.0 Å². The Morgan fingerprint density at radius 3 is 3.00 bits per heavy atom. The highest BCUT2D eigenvalue weighted by Crippen LogP contribution is 2.23. The van der Waals surface area contributed by atoms with Crippen LogP contribution < -0.4 is 15.5 Å². The van der Waals surface area contributed by atoms with Crippen LogP contribution in [0.1, 0.15) is 25.1 Å². The summed E-state index contributed by atoms with van der Waals surface area (Å²) in [4.78, 5) is 11.0. The first-order chi connectivity index (χ1) is 12.1. The van der Waals surface area contributed by atoms with Gasteiger partial charge in [-0.05, 0) is 31.5 Å². The second kappa shape index (κ2) is 9.96. The van der Waals surface area contributed by atoms with Crippen molar-refractivity contribution in [2.75, 3.05) is 24.5 Å². The summed E-state index contributed by atoms with van der Waals surface area (Å²) < 4.78 is 4.97. The van der Waals surface area contributed by atoms with Gasteiger partial charge in [0, 0.05) is 43.3 Å². The van der Waals surface area contributed by atoms with Gasteiger partial charge in [0.05, 0.1) is 0 Å². The van der Waals surface area contributed by atoms with E-state index in [1.165, 1.54) is 0 Å². The van der Waals surface area contributed by atoms with Gasteiger partial charge >= 0.3 is 0 Å². The molecule has 1 fully saturated rings. The predicted octanol–water partition coefficient (Wildman–Crippen LogP) is 2.98. The normalized spacial score (nSPS) is 17.1. The maximum Gasteiger partial charge on any atom is 0.223 e. The van der Waals surface area contributed by atoms with Crippen molar-refractivity contribution in [3.05, 3.63) is 41.0 Å². The van der Waals surface area contributed by atoms with Crippen LogP contribution in [0.3, 0.4) is 0 Å². The van der Waals surface area contributed by atoms with Crippen LogP contribution in [0.15, 0.2) is 33.8 Å². The van der Waals surface area contributed by atoms with E-state index in [0.29, 0.717) is 24.3 Å². The summed E-state index contributed by atoms with van der Waals surface area (Å²) in [6.45, 7) is 6.89. The highest BCUT2D eigenvalue weighted by atomic mass is 127. The number of guanidine groups is 1. The molecule has 1 aromatic carbocycles. The van der Waals surface area contributed by atoms with Crippen LogP contribution in [0.25, 0.3) is 0 Å². The third-order valence-corrected chi connectivity index (χ3v) is 4.23. The minimum atomic E-state index is 0. The molecule has 1 atom stereocenters. The van der Waals surface area contributed by atoms with Crippen LogP contribution in [-0.2, 0) is 6.54 Å². The van der Waals surface area contributed by atoms with E-state index in [1.807, 2.05) is 25.1 Å². The molecule has 7 nitrogen and oxygen atoms in total. The van der Waals surface area contributed by atoms with Crippen molar-refractivity contribution < 1.29 is 4.52 Å². The monoisotopic (exact) mass is 490 g/mol. The summed E-state index contributed by atoms with van der Waals surface area (Å²) in [5.41, 5.74) is 1.15. The molecule has 2 heterocycles. The summed E-state index contributed by atoms with van der Waals surface area (Å²) >= 11 is 6.10. The molecular weight excluding hydrogens is 467 g/mol. The van der Waals surface area contributed by atoms with Crippen LogP contribution >= 0.6 is 35.6 Å². The number of rotatable bonds is 5. The van der Waals surface area contributed by atoms with Gasteiger partial charge in [0.2, 0.25) is 5.89 Å². The molecule has 9 heteroatoms. The largest absolute Gasteiger partial charge is 0.369 e. The van der Waals surface area contributed by atoms with E-state index >= 15 is 0 Å². The minimum Gasteiger partial charge on any atom is -0.369 e. The van der Waals surface area contributed by atoms with Crippen LogP contribution in [-0.4, -0.2) is 41.8 Å². The topological polar surface area (TPSA) is 78.6 Å². The lowest BCUT2D eigenvalue weighted by atomic mass is 10.3. The molecule has 0 aliphatic carbocycles. The number of hydrogen-bond acceptors (Lipinski definition) is 5. The maximum absolute atomic E-state index is 6.10. The van der Waals surface area contributed by atoms with Crippen molar-refractivity contribution in [1.29, 1.82) is 0 Å². The molecule has 0 radical (unpaired) electrons. The number of anilines is 1. The highest BCUT2D eigenvalue weighted by molar-refractivity contribution is 14.0. The van der Waals surface area contributed by atoms with Gasteiger partial charge in [-0.3, -0.25) is 0 Å². The molecule has 3 rings (SSSR count). The van der Waals surface area contributed by atoms with Gasteiger partial charge in [0.1, 0.15) is 6.54 Å². The number of nitrogens with one attached hydrogen (secondary N) is 2. The fraction of sp³-hybridized carbons (Fsp3) is 0.471. The van der Waals surface area contributed by atoms with Gasteiger partial charge in [-0.2, -0.15) is 4.98 Å². The fourth-order valence-electron chi connectivity index (χ4n) is 2.85. The van der Waals surface area contributed by atoms with Crippen LogP contribution in [0.5, 0.6) is 0 Å². The minimum absolute atomic E-state index is 0. The van der Waals surface area contributed by atoms with E-state index in [4.69, 9.17) is 16.1 Å². The molecule has 2 aromatic rings. The molecule has 0 spiro atoms. The Labute approximate surface area is 175 Å². The van der Waals surface area contributed by atoms with E-state index in [9.17, 15) is 0 Å². The molecule has 0 amide bonds. The molecule has 0 bridgehead atoms. The maximum atomic E-state index is 6.10. The van der Waals surface area contributed by atoms with Crippen molar-refractivity contribution in [3.8, 4) is 0 Å².